The fourth-order valence-corrected chi connectivity index (χ4v) is 2.63. The molecule has 4 nitrogen and oxygen atoms in total. The molecule has 1 aromatic rings. The van der Waals surface area contributed by atoms with Gasteiger partial charge in [0.05, 0.1) is 6.54 Å². The third-order valence-electron chi connectivity index (χ3n) is 3.84. The molecule has 1 fully saturated rings. The van der Waals surface area contributed by atoms with Crippen molar-refractivity contribution in [3.8, 4) is 0 Å². The highest BCUT2D eigenvalue weighted by Gasteiger charge is 2.31. The van der Waals surface area contributed by atoms with Gasteiger partial charge in [-0.1, -0.05) is 0 Å². The second-order valence-electron chi connectivity index (χ2n) is 5.00. The third kappa shape index (κ3) is 1.99. The fourth-order valence-electron chi connectivity index (χ4n) is 2.63. The van der Waals surface area contributed by atoms with Crippen molar-refractivity contribution in [1.82, 2.24) is 19.8 Å². The lowest BCUT2D eigenvalue weighted by Crippen LogP contribution is -2.44. The van der Waals surface area contributed by atoms with Crippen LogP contribution in [0.1, 0.15) is 18.7 Å². The first kappa shape index (κ1) is 10.3. The lowest BCUT2D eigenvalue weighted by atomic mass is 10.1. The van der Waals surface area contributed by atoms with Gasteiger partial charge in [-0.05, 0) is 25.8 Å². The number of nitrogens with zero attached hydrogens (tertiary/aromatic N) is 3. The van der Waals surface area contributed by atoms with Crippen LogP contribution in [0.25, 0.3) is 0 Å². The second kappa shape index (κ2) is 4.18. The Morgan fingerprint density at radius 1 is 1.50 bits per heavy atom. The van der Waals surface area contributed by atoms with Crippen molar-refractivity contribution in [2.45, 2.75) is 32.0 Å². The van der Waals surface area contributed by atoms with Crippen LogP contribution in [0.4, 0.5) is 0 Å². The third-order valence-corrected chi connectivity index (χ3v) is 3.84. The van der Waals surface area contributed by atoms with E-state index < -0.39 is 0 Å². The second-order valence-corrected chi connectivity index (χ2v) is 5.00. The number of hydrogen-bond acceptors (Lipinski definition) is 3. The first-order valence-electron chi connectivity index (χ1n) is 6.26. The van der Waals surface area contributed by atoms with Crippen molar-refractivity contribution in [2.75, 3.05) is 20.1 Å². The van der Waals surface area contributed by atoms with Crippen molar-refractivity contribution in [2.24, 2.45) is 5.92 Å². The summed E-state index contributed by atoms with van der Waals surface area (Å²) in [5.41, 5.74) is 0. The molecule has 0 spiro atoms. The average Bonchev–Trinajstić information content (AvgIpc) is 3.04. The van der Waals surface area contributed by atoms with Crippen molar-refractivity contribution in [3.05, 3.63) is 18.2 Å². The summed E-state index contributed by atoms with van der Waals surface area (Å²) in [6, 6.07) is 0.682. The quantitative estimate of drug-likeness (QED) is 0.810. The van der Waals surface area contributed by atoms with Gasteiger partial charge in [0.2, 0.25) is 0 Å². The molecule has 0 bridgehead atoms. The zero-order chi connectivity index (χ0) is 11.0. The number of aromatic nitrogens is 2. The Bertz CT molecular complexity index is 356. The molecule has 3 rings (SSSR count). The minimum atomic E-state index is 0.682. The molecule has 1 saturated carbocycles. The monoisotopic (exact) mass is 220 g/mol. The van der Waals surface area contributed by atoms with Crippen molar-refractivity contribution in [3.63, 3.8) is 0 Å². The van der Waals surface area contributed by atoms with E-state index in [0.29, 0.717) is 6.04 Å². The summed E-state index contributed by atoms with van der Waals surface area (Å²) in [6.07, 6.45) is 6.82. The van der Waals surface area contributed by atoms with Gasteiger partial charge in [-0.25, -0.2) is 4.98 Å². The predicted octanol–water partition coefficient (Wildman–Crippen LogP) is 0.697. The molecule has 0 saturated heterocycles. The largest absolute Gasteiger partial charge is 0.333 e. The predicted molar refractivity (Wildman–Crippen MR) is 63.1 cm³/mol. The Morgan fingerprint density at radius 2 is 2.38 bits per heavy atom. The van der Waals surface area contributed by atoms with E-state index in [9.17, 15) is 0 Å². The van der Waals surface area contributed by atoms with Crippen LogP contribution in [0.3, 0.4) is 0 Å². The van der Waals surface area contributed by atoms with Gasteiger partial charge < -0.3 is 9.88 Å². The van der Waals surface area contributed by atoms with E-state index in [1.807, 2.05) is 6.20 Å². The zero-order valence-electron chi connectivity index (χ0n) is 9.89. The molecule has 16 heavy (non-hydrogen) atoms. The van der Waals surface area contributed by atoms with E-state index in [4.69, 9.17) is 0 Å². The van der Waals surface area contributed by atoms with Crippen molar-refractivity contribution >= 4 is 0 Å². The molecule has 1 aliphatic heterocycles. The van der Waals surface area contributed by atoms with Crippen molar-refractivity contribution in [1.29, 1.82) is 0 Å². The smallest absolute Gasteiger partial charge is 0.122 e. The molecular weight excluding hydrogens is 200 g/mol. The van der Waals surface area contributed by atoms with E-state index in [-0.39, 0.29) is 0 Å². The molecule has 0 radical (unpaired) electrons. The standard InChI is InChI=1S/C12H20N4/c1-13-11(10-2-3-10)8-15-6-7-16-5-4-14-12(16)9-15/h4-5,10-11,13H,2-3,6-9H2,1H3. The maximum Gasteiger partial charge on any atom is 0.122 e. The SMILES string of the molecule is CNC(CN1CCn2ccnc2C1)C1CC1. The van der Waals surface area contributed by atoms with Crippen LogP contribution in [-0.2, 0) is 13.1 Å². The zero-order valence-corrected chi connectivity index (χ0v) is 9.89. The molecule has 88 valence electrons. The van der Waals surface area contributed by atoms with E-state index in [1.165, 1.54) is 25.2 Å². The van der Waals surface area contributed by atoms with Crippen LogP contribution < -0.4 is 5.32 Å². The van der Waals surface area contributed by atoms with Crippen LogP contribution >= 0.6 is 0 Å². The van der Waals surface area contributed by atoms with Gasteiger partial charge >= 0.3 is 0 Å². The van der Waals surface area contributed by atoms with Crippen molar-refractivity contribution < 1.29 is 0 Å². The number of hydrogen-bond donors (Lipinski definition) is 1. The average molecular weight is 220 g/mol. The molecule has 0 amide bonds. The summed E-state index contributed by atoms with van der Waals surface area (Å²) in [5, 5.41) is 3.46. The maximum atomic E-state index is 4.40. The Labute approximate surface area is 96.7 Å². The molecule has 2 aliphatic rings. The molecular formula is C12H20N4. The van der Waals surface area contributed by atoms with E-state index in [2.05, 4.69) is 33.0 Å². The van der Waals surface area contributed by atoms with Gasteiger partial charge in [0.1, 0.15) is 5.82 Å². The molecule has 1 unspecified atom stereocenters. The minimum Gasteiger partial charge on any atom is -0.333 e. The van der Waals surface area contributed by atoms with Gasteiger partial charge in [0, 0.05) is 38.1 Å². The first-order valence-corrected chi connectivity index (χ1v) is 6.26. The topological polar surface area (TPSA) is 33.1 Å². The number of fused-ring (bicyclic) bond motifs is 1. The van der Waals surface area contributed by atoms with E-state index >= 15 is 0 Å². The Kier molecular flexibility index (Phi) is 2.69. The lowest BCUT2D eigenvalue weighted by Gasteiger charge is -2.30. The summed E-state index contributed by atoms with van der Waals surface area (Å²) >= 11 is 0. The number of nitrogens with one attached hydrogen (secondary N) is 1. The van der Waals surface area contributed by atoms with Crippen LogP contribution in [0, 0.1) is 5.92 Å². The first-order chi connectivity index (χ1) is 7.86. The molecule has 0 aromatic carbocycles. The summed E-state index contributed by atoms with van der Waals surface area (Å²) < 4.78 is 2.27. The Balaban J connectivity index is 1.60. The van der Waals surface area contributed by atoms with Crippen LogP contribution in [0.15, 0.2) is 12.4 Å². The molecule has 1 N–H and O–H groups in total. The Hall–Kier alpha value is -0.870. The van der Waals surface area contributed by atoms with Gasteiger partial charge in [-0.3, -0.25) is 4.90 Å². The molecule has 1 atom stereocenters. The fraction of sp³-hybridized carbons (Fsp3) is 0.750. The summed E-state index contributed by atoms with van der Waals surface area (Å²) in [6.45, 7) is 4.44. The maximum absolute atomic E-state index is 4.40. The van der Waals surface area contributed by atoms with Crippen LogP contribution in [0.5, 0.6) is 0 Å². The summed E-state index contributed by atoms with van der Waals surface area (Å²) in [5.74, 6) is 2.14. The highest BCUT2D eigenvalue weighted by molar-refractivity contribution is 4.97. The number of likely N-dealkylation sites (N-methyl/N-ethyl adjacent to an activating group) is 1. The number of imidazole rings is 1. The molecule has 1 aromatic heterocycles. The minimum absolute atomic E-state index is 0.682. The van der Waals surface area contributed by atoms with Gasteiger partial charge in [0.15, 0.2) is 0 Å². The number of rotatable bonds is 4. The van der Waals surface area contributed by atoms with Gasteiger partial charge in [-0.2, -0.15) is 0 Å². The highest BCUT2D eigenvalue weighted by atomic mass is 15.2. The van der Waals surface area contributed by atoms with Gasteiger partial charge in [-0.15, -0.1) is 0 Å². The normalized spacial score (nSPS) is 23.1. The lowest BCUT2D eigenvalue weighted by molar-refractivity contribution is 0.190. The summed E-state index contributed by atoms with van der Waals surface area (Å²) in [7, 11) is 2.09. The van der Waals surface area contributed by atoms with Crippen LogP contribution in [0.2, 0.25) is 0 Å². The summed E-state index contributed by atoms with van der Waals surface area (Å²) in [4.78, 5) is 6.93. The van der Waals surface area contributed by atoms with Crippen LogP contribution in [-0.4, -0.2) is 40.6 Å². The molecule has 2 heterocycles. The molecule has 1 aliphatic carbocycles. The molecule has 4 heteroatoms. The Morgan fingerprint density at radius 3 is 3.12 bits per heavy atom. The highest BCUT2D eigenvalue weighted by Crippen LogP contribution is 2.33. The van der Waals surface area contributed by atoms with E-state index in [0.717, 1.165) is 25.6 Å². The van der Waals surface area contributed by atoms with Gasteiger partial charge in [0.25, 0.3) is 0 Å². The van der Waals surface area contributed by atoms with E-state index in [1.54, 1.807) is 0 Å².